The number of piperidine rings is 1. The highest BCUT2D eigenvalue weighted by atomic mass is 16.5. The van der Waals surface area contributed by atoms with Crippen molar-refractivity contribution in [1.82, 2.24) is 10.2 Å². The Morgan fingerprint density at radius 2 is 2.06 bits per heavy atom. The van der Waals surface area contributed by atoms with Crippen molar-refractivity contribution >= 4 is 0 Å². The minimum absolute atomic E-state index is 0.430. The van der Waals surface area contributed by atoms with Gasteiger partial charge in [-0.2, -0.15) is 0 Å². The Labute approximate surface area is 112 Å². The van der Waals surface area contributed by atoms with Crippen LogP contribution in [0, 0.1) is 5.41 Å². The molecular formula is C15H30N2O. The van der Waals surface area contributed by atoms with E-state index >= 15 is 0 Å². The van der Waals surface area contributed by atoms with Gasteiger partial charge in [0.05, 0.1) is 6.10 Å². The van der Waals surface area contributed by atoms with E-state index in [4.69, 9.17) is 4.74 Å². The van der Waals surface area contributed by atoms with Crippen molar-refractivity contribution < 1.29 is 4.74 Å². The summed E-state index contributed by atoms with van der Waals surface area (Å²) < 4.78 is 5.83. The lowest BCUT2D eigenvalue weighted by Crippen LogP contribution is -2.53. The first-order chi connectivity index (χ1) is 8.58. The molecule has 2 aliphatic rings. The normalized spacial score (nSPS) is 32.7. The summed E-state index contributed by atoms with van der Waals surface area (Å²) >= 11 is 0. The van der Waals surface area contributed by atoms with Crippen LogP contribution < -0.4 is 5.32 Å². The lowest BCUT2D eigenvalue weighted by molar-refractivity contribution is -0.00593. The minimum Gasteiger partial charge on any atom is -0.377 e. The summed E-state index contributed by atoms with van der Waals surface area (Å²) in [4.78, 5) is 2.46. The molecule has 2 aliphatic heterocycles. The van der Waals surface area contributed by atoms with Gasteiger partial charge in [0, 0.05) is 25.7 Å². The standard InChI is InChI=1S/C15H30N2O/c1-15(2)8-6-9-16-14(15)12-17(3)11-13-7-4-5-10-18-13/h13-14,16H,4-12H2,1-3H3. The second kappa shape index (κ2) is 6.36. The molecule has 0 spiro atoms. The molecule has 0 aromatic carbocycles. The molecular weight excluding hydrogens is 224 g/mol. The Bertz CT molecular complexity index is 249. The molecule has 106 valence electrons. The number of nitrogens with one attached hydrogen (secondary N) is 1. The van der Waals surface area contributed by atoms with Gasteiger partial charge in [-0.25, -0.2) is 0 Å². The molecule has 18 heavy (non-hydrogen) atoms. The quantitative estimate of drug-likeness (QED) is 0.833. The van der Waals surface area contributed by atoms with Gasteiger partial charge in [0.1, 0.15) is 0 Å². The highest BCUT2D eigenvalue weighted by Gasteiger charge is 2.32. The van der Waals surface area contributed by atoms with Gasteiger partial charge in [0.15, 0.2) is 0 Å². The van der Waals surface area contributed by atoms with Crippen molar-refractivity contribution in [2.24, 2.45) is 5.41 Å². The molecule has 2 atom stereocenters. The molecule has 2 saturated heterocycles. The maximum Gasteiger partial charge on any atom is 0.0701 e. The van der Waals surface area contributed by atoms with Gasteiger partial charge < -0.3 is 15.0 Å². The Hall–Kier alpha value is -0.120. The first-order valence-electron chi connectivity index (χ1n) is 7.61. The van der Waals surface area contributed by atoms with E-state index in [1.165, 1.54) is 38.6 Å². The minimum atomic E-state index is 0.430. The van der Waals surface area contributed by atoms with Crippen molar-refractivity contribution in [2.75, 3.05) is 33.3 Å². The highest BCUT2D eigenvalue weighted by Crippen LogP contribution is 2.30. The molecule has 2 fully saturated rings. The lowest BCUT2D eigenvalue weighted by Gasteiger charge is -2.42. The number of rotatable bonds is 4. The summed E-state index contributed by atoms with van der Waals surface area (Å²) in [5.74, 6) is 0. The number of nitrogens with zero attached hydrogens (tertiary/aromatic N) is 1. The molecule has 3 nitrogen and oxygen atoms in total. The first kappa shape index (κ1) is 14.3. The predicted octanol–water partition coefficient (Wildman–Crippen LogP) is 2.27. The molecule has 2 unspecified atom stereocenters. The molecule has 0 saturated carbocycles. The summed E-state index contributed by atoms with van der Waals surface area (Å²) in [5, 5.41) is 3.70. The van der Waals surface area contributed by atoms with Crippen LogP contribution >= 0.6 is 0 Å². The molecule has 2 heterocycles. The topological polar surface area (TPSA) is 24.5 Å². The largest absolute Gasteiger partial charge is 0.377 e. The van der Waals surface area contributed by atoms with Crippen LogP contribution in [0.15, 0.2) is 0 Å². The summed E-state index contributed by atoms with van der Waals surface area (Å²) in [6, 6.07) is 0.625. The van der Waals surface area contributed by atoms with Gasteiger partial charge in [0.25, 0.3) is 0 Å². The maximum absolute atomic E-state index is 5.83. The Morgan fingerprint density at radius 1 is 1.22 bits per heavy atom. The summed E-state index contributed by atoms with van der Waals surface area (Å²) in [7, 11) is 2.24. The second-order valence-electron chi connectivity index (χ2n) is 6.81. The van der Waals surface area contributed by atoms with E-state index in [0.717, 1.165) is 19.7 Å². The van der Waals surface area contributed by atoms with Gasteiger partial charge in [-0.05, 0) is 51.1 Å². The van der Waals surface area contributed by atoms with Crippen LogP contribution in [0.1, 0.15) is 46.0 Å². The average Bonchev–Trinajstić information content (AvgIpc) is 2.33. The molecule has 0 aromatic heterocycles. The zero-order valence-corrected chi connectivity index (χ0v) is 12.4. The number of likely N-dealkylation sites (N-methyl/N-ethyl adjacent to an activating group) is 1. The molecule has 0 radical (unpaired) electrons. The zero-order valence-electron chi connectivity index (χ0n) is 12.4. The van der Waals surface area contributed by atoms with Gasteiger partial charge >= 0.3 is 0 Å². The zero-order chi connectivity index (χ0) is 13.0. The summed E-state index contributed by atoms with van der Waals surface area (Å²) in [6.07, 6.45) is 6.96. The highest BCUT2D eigenvalue weighted by molar-refractivity contribution is 4.90. The third-order valence-electron chi connectivity index (χ3n) is 4.62. The van der Waals surface area contributed by atoms with Crippen LogP contribution in [-0.2, 0) is 4.74 Å². The van der Waals surface area contributed by atoms with E-state index in [-0.39, 0.29) is 0 Å². The van der Waals surface area contributed by atoms with E-state index in [1.54, 1.807) is 0 Å². The molecule has 0 amide bonds. The van der Waals surface area contributed by atoms with Crippen molar-refractivity contribution in [3.8, 4) is 0 Å². The van der Waals surface area contributed by atoms with Crippen molar-refractivity contribution in [2.45, 2.75) is 58.1 Å². The fourth-order valence-corrected chi connectivity index (χ4v) is 3.27. The molecule has 3 heteroatoms. The van der Waals surface area contributed by atoms with Gasteiger partial charge in [-0.15, -0.1) is 0 Å². The van der Waals surface area contributed by atoms with E-state index in [1.807, 2.05) is 0 Å². The van der Waals surface area contributed by atoms with Gasteiger partial charge in [-0.1, -0.05) is 13.8 Å². The van der Waals surface area contributed by atoms with Crippen LogP contribution in [0.5, 0.6) is 0 Å². The fourth-order valence-electron chi connectivity index (χ4n) is 3.27. The van der Waals surface area contributed by atoms with Gasteiger partial charge in [-0.3, -0.25) is 0 Å². The van der Waals surface area contributed by atoms with Gasteiger partial charge in [0.2, 0.25) is 0 Å². The Kier molecular flexibility index (Phi) is 5.05. The summed E-state index contributed by atoms with van der Waals surface area (Å²) in [5.41, 5.74) is 0.430. The van der Waals surface area contributed by atoms with Crippen LogP contribution in [0.2, 0.25) is 0 Å². The van der Waals surface area contributed by atoms with E-state index in [9.17, 15) is 0 Å². The SMILES string of the molecule is CN(CC1CCCCO1)CC1NCCCC1(C)C. The monoisotopic (exact) mass is 254 g/mol. The molecule has 0 aromatic rings. The molecule has 2 rings (SSSR count). The number of hydrogen-bond acceptors (Lipinski definition) is 3. The Morgan fingerprint density at radius 3 is 2.72 bits per heavy atom. The molecule has 1 N–H and O–H groups in total. The smallest absolute Gasteiger partial charge is 0.0701 e. The third kappa shape index (κ3) is 3.94. The maximum atomic E-state index is 5.83. The van der Waals surface area contributed by atoms with Crippen LogP contribution in [-0.4, -0.2) is 50.3 Å². The molecule has 0 bridgehead atoms. The Balaban J connectivity index is 1.77. The van der Waals surface area contributed by atoms with E-state index in [0.29, 0.717) is 17.6 Å². The third-order valence-corrected chi connectivity index (χ3v) is 4.62. The van der Waals surface area contributed by atoms with Crippen molar-refractivity contribution in [3.05, 3.63) is 0 Å². The van der Waals surface area contributed by atoms with E-state index < -0.39 is 0 Å². The number of hydrogen-bond donors (Lipinski definition) is 1. The second-order valence-corrected chi connectivity index (χ2v) is 6.81. The number of ether oxygens (including phenoxy) is 1. The lowest BCUT2D eigenvalue weighted by atomic mass is 9.77. The van der Waals surface area contributed by atoms with Crippen LogP contribution in [0.25, 0.3) is 0 Å². The van der Waals surface area contributed by atoms with Crippen molar-refractivity contribution in [1.29, 1.82) is 0 Å². The summed E-state index contributed by atoms with van der Waals surface area (Å²) in [6.45, 7) is 9.18. The fraction of sp³-hybridized carbons (Fsp3) is 1.00. The van der Waals surface area contributed by atoms with Crippen LogP contribution in [0.3, 0.4) is 0 Å². The molecule has 0 aliphatic carbocycles. The predicted molar refractivity (Wildman–Crippen MR) is 75.9 cm³/mol. The first-order valence-corrected chi connectivity index (χ1v) is 7.61. The van der Waals surface area contributed by atoms with Crippen molar-refractivity contribution in [3.63, 3.8) is 0 Å². The van der Waals surface area contributed by atoms with E-state index in [2.05, 4.69) is 31.1 Å². The van der Waals surface area contributed by atoms with Crippen LogP contribution in [0.4, 0.5) is 0 Å². The average molecular weight is 254 g/mol.